The van der Waals surface area contributed by atoms with Gasteiger partial charge in [-0.15, -0.1) is 0 Å². The van der Waals surface area contributed by atoms with Crippen LogP contribution in [0.3, 0.4) is 0 Å². The molecule has 32 heavy (non-hydrogen) atoms. The molecule has 1 aromatic carbocycles. The number of benzene rings is 1. The van der Waals surface area contributed by atoms with Crippen LogP contribution in [-0.4, -0.2) is 90.2 Å². The van der Waals surface area contributed by atoms with Crippen molar-refractivity contribution in [1.29, 1.82) is 0 Å². The van der Waals surface area contributed by atoms with Gasteiger partial charge >= 0.3 is 5.97 Å². The van der Waals surface area contributed by atoms with Gasteiger partial charge in [0.15, 0.2) is 5.82 Å². The number of nitrogens with zero attached hydrogens (tertiary/aromatic N) is 5. The molecule has 0 radical (unpaired) electrons. The summed E-state index contributed by atoms with van der Waals surface area (Å²) >= 11 is 0. The lowest BCUT2D eigenvalue weighted by atomic mass is 10.0. The maximum absolute atomic E-state index is 11.9. The number of H-pyrrole nitrogens is 1. The number of piperidine rings is 1. The second kappa shape index (κ2) is 8.88. The van der Waals surface area contributed by atoms with Crippen molar-refractivity contribution in [3.05, 3.63) is 42.1 Å². The van der Waals surface area contributed by atoms with Crippen LogP contribution in [0.15, 0.2) is 36.5 Å². The number of hydrogen-bond acceptors (Lipinski definition) is 7. The van der Waals surface area contributed by atoms with Crippen molar-refractivity contribution in [2.24, 2.45) is 0 Å². The van der Waals surface area contributed by atoms with E-state index in [1.165, 1.54) is 20.2 Å². The van der Waals surface area contributed by atoms with Crippen molar-refractivity contribution in [3.63, 3.8) is 0 Å². The van der Waals surface area contributed by atoms with Gasteiger partial charge < -0.3 is 19.5 Å². The number of anilines is 1. The lowest BCUT2D eigenvalue weighted by molar-refractivity contribution is 0.0601. The van der Waals surface area contributed by atoms with Crippen molar-refractivity contribution in [3.8, 4) is 11.4 Å². The van der Waals surface area contributed by atoms with E-state index in [-0.39, 0.29) is 5.97 Å². The van der Waals surface area contributed by atoms with Crippen LogP contribution in [0.2, 0.25) is 0 Å². The first kappa shape index (κ1) is 20.9. The smallest absolute Gasteiger partial charge is 0.337 e. The summed E-state index contributed by atoms with van der Waals surface area (Å²) < 4.78 is 4.85. The summed E-state index contributed by atoms with van der Waals surface area (Å²) in [7, 11) is 3.59. The Morgan fingerprint density at radius 2 is 1.88 bits per heavy atom. The lowest BCUT2D eigenvalue weighted by Crippen LogP contribution is -2.52. The number of carbonyl (C=O) groups is 1. The number of piperazine rings is 1. The van der Waals surface area contributed by atoms with Crippen LogP contribution in [0.1, 0.15) is 23.2 Å². The van der Waals surface area contributed by atoms with Crippen LogP contribution in [0.5, 0.6) is 0 Å². The highest BCUT2D eigenvalue weighted by Gasteiger charge is 2.28. The molecule has 3 aromatic rings. The van der Waals surface area contributed by atoms with Crippen molar-refractivity contribution < 1.29 is 9.53 Å². The molecule has 168 valence electrons. The molecule has 0 amide bonds. The summed E-state index contributed by atoms with van der Waals surface area (Å²) in [6, 6.07) is 9.95. The molecule has 0 bridgehead atoms. The first-order valence-electron chi connectivity index (χ1n) is 11.3. The molecule has 0 saturated carbocycles. The van der Waals surface area contributed by atoms with Crippen molar-refractivity contribution in [2.45, 2.75) is 18.9 Å². The molecular formula is C24H30N6O2. The molecule has 0 unspecified atom stereocenters. The Morgan fingerprint density at radius 3 is 2.62 bits per heavy atom. The number of imidazole rings is 1. The van der Waals surface area contributed by atoms with Gasteiger partial charge in [-0.25, -0.2) is 14.8 Å². The molecule has 0 aliphatic carbocycles. The number of methoxy groups -OCH3 is 1. The SMILES string of the molecule is COC(=O)c1cccc(-c2nc3c(N4CCC(N5CCN(C)CC5)CC4)nccc3[nH]2)c1. The van der Waals surface area contributed by atoms with Gasteiger partial charge in [-0.3, -0.25) is 4.90 Å². The van der Waals surface area contributed by atoms with Crippen LogP contribution in [0.25, 0.3) is 22.4 Å². The maximum atomic E-state index is 11.9. The molecular weight excluding hydrogens is 404 g/mol. The first-order valence-corrected chi connectivity index (χ1v) is 11.3. The summed E-state index contributed by atoms with van der Waals surface area (Å²) in [5.41, 5.74) is 3.19. The third-order valence-electron chi connectivity index (χ3n) is 6.76. The van der Waals surface area contributed by atoms with E-state index in [0.717, 1.165) is 67.3 Å². The van der Waals surface area contributed by atoms with E-state index in [1.807, 2.05) is 24.4 Å². The zero-order valence-corrected chi connectivity index (χ0v) is 18.8. The van der Waals surface area contributed by atoms with Gasteiger partial charge in [-0.05, 0) is 38.1 Å². The average Bonchev–Trinajstić information content (AvgIpc) is 3.29. The van der Waals surface area contributed by atoms with Gasteiger partial charge in [0, 0.05) is 57.1 Å². The number of likely N-dealkylation sites (N-methyl/N-ethyl adjacent to an activating group) is 1. The Kier molecular flexibility index (Phi) is 5.80. The second-order valence-corrected chi connectivity index (χ2v) is 8.75. The van der Waals surface area contributed by atoms with Crippen molar-refractivity contribution in [2.75, 3.05) is 58.3 Å². The Morgan fingerprint density at radius 1 is 1.09 bits per heavy atom. The number of hydrogen-bond donors (Lipinski definition) is 1. The zero-order valence-electron chi connectivity index (χ0n) is 18.8. The fraction of sp³-hybridized carbons (Fsp3) is 0.458. The number of fused-ring (bicyclic) bond motifs is 1. The van der Waals surface area contributed by atoms with Gasteiger partial charge in [0.05, 0.1) is 18.2 Å². The van der Waals surface area contributed by atoms with E-state index in [4.69, 9.17) is 14.7 Å². The Bertz CT molecular complexity index is 1100. The Balaban J connectivity index is 1.35. The van der Waals surface area contributed by atoms with E-state index in [0.29, 0.717) is 11.6 Å². The standard InChI is InChI=1S/C24H30N6O2/c1-28-12-14-29(15-13-28)19-7-10-30(11-8-19)23-21-20(6-9-25-23)26-22(27-21)17-4-3-5-18(16-17)24(31)32-2/h3-6,9,16,19H,7-8,10-15H2,1-2H3,(H,26,27). The van der Waals surface area contributed by atoms with E-state index in [2.05, 4.69) is 26.7 Å². The number of pyridine rings is 1. The average molecular weight is 435 g/mol. The summed E-state index contributed by atoms with van der Waals surface area (Å²) in [6.07, 6.45) is 4.15. The number of carbonyl (C=O) groups excluding carboxylic acids is 1. The second-order valence-electron chi connectivity index (χ2n) is 8.75. The minimum Gasteiger partial charge on any atom is -0.465 e. The summed E-state index contributed by atoms with van der Waals surface area (Å²) in [4.78, 5) is 32.3. The quantitative estimate of drug-likeness (QED) is 0.633. The van der Waals surface area contributed by atoms with E-state index in [9.17, 15) is 4.79 Å². The Hall–Kier alpha value is -2.97. The van der Waals surface area contributed by atoms with Crippen LogP contribution >= 0.6 is 0 Å². The fourth-order valence-electron chi connectivity index (χ4n) is 4.83. The molecule has 2 aliphatic rings. The van der Waals surface area contributed by atoms with Gasteiger partial charge in [0.25, 0.3) is 0 Å². The highest BCUT2D eigenvalue weighted by molar-refractivity contribution is 5.92. The van der Waals surface area contributed by atoms with Gasteiger partial charge in [0.2, 0.25) is 0 Å². The summed E-state index contributed by atoms with van der Waals surface area (Å²) in [5, 5.41) is 0. The zero-order chi connectivity index (χ0) is 22.1. The number of rotatable bonds is 4. The molecule has 0 spiro atoms. The normalized spacial score (nSPS) is 18.9. The maximum Gasteiger partial charge on any atom is 0.337 e. The summed E-state index contributed by atoms with van der Waals surface area (Å²) in [6.45, 7) is 6.64. The van der Waals surface area contributed by atoms with Crippen LogP contribution in [0, 0.1) is 0 Å². The molecule has 2 aromatic heterocycles. The molecule has 2 saturated heterocycles. The van der Waals surface area contributed by atoms with Crippen LogP contribution in [-0.2, 0) is 4.74 Å². The molecule has 2 aliphatic heterocycles. The molecule has 8 heteroatoms. The van der Waals surface area contributed by atoms with E-state index in [1.54, 1.807) is 12.1 Å². The van der Waals surface area contributed by atoms with Gasteiger partial charge in [0.1, 0.15) is 11.3 Å². The fourth-order valence-corrected chi connectivity index (χ4v) is 4.83. The molecule has 5 rings (SSSR count). The van der Waals surface area contributed by atoms with Crippen LogP contribution in [0.4, 0.5) is 5.82 Å². The molecule has 4 heterocycles. The lowest BCUT2D eigenvalue weighted by Gasteiger charge is -2.42. The van der Waals surface area contributed by atoms with E-state index < -0.39 is 0 Å². The van der Waals surface area contributed by atoms with E-state index >= 15 is 0 Å². The minimum atomic E-state index is -0.353. The third-order valence-corrected chi connectivity index (χ3v) is 6.76. The number of aromatic nitrogens is 3. The monoisotopic (exact) mass is 434 g/mol. The van der Waals surface area contributed by atoms with Crippen molar-refractivity contribution >= 4 is 22.8 Å². The summed E-state index contributed by atoms with van der Waals surface area (Å²) in [5.74, 6) is 1.31. The number of esters is 1. The van der Waals surface area contributed by atoms with Crippen molar-refractivity contribution in [1.82, 2.24) is 24.8 Å². The predicted molar refractivity (Wildman–Crippen MR) is 125 cm³/mol. The van der Waals surface area contributed by atoms with Gasteiger partial charge in [-0.2, -0.15) is 0 Å². The number of nitrogens with one attached hydrogen (secondary N) is 1. The third kappa shape index (κ3) is 4.08. The van der Waals surface area contributed by atoms with Crippen LogP contribution < -0.4 is 4.90 Å². The predicted octanol–water partition coefficient (Wildman–Crippen LogP) is 2.63. The molecule has 0 atom stereocenters. The highest BCUT2D eigenvalue weighted by atomic mass is 16.5. The molecule has 8 nitrogen and oxygen atoms in total. The molecule has 2 fully saturated rings. The Labute approximate surface area is 188 Å². The highest BCUT2D eigenvalue weighted by Crippen LogP contribution is 2.29. The number of aromatic amines is 1. The van der Waals surface area contributed by atoms with Gasteiger partial charge in [-0.1, -0.05) is 12.1 Å². The topological polar surface area (TPSA) is 77.6 Å². The number of ether oxygens (including phenoxy) is 1. The minimum absolute atomic E-state index is 0.353. The first-order chi connectivity index (χ1) is 15.6. The largest absolute Gasteiger partial charge is 0.465 e. The molecule has 1 N–H and O–H groups in total.